The number of nitrogens with two attached hydrogens (primary N) is 1. The van der Waals surface area contributed by atoms with Gasteiger partial charge in [0.2, 0.25) is 15.9 Å². The highest BCUT2D eigenvalue weighted by molar-refractivity contribution is 7.89. The lowest BCUT2D eigenvalue weighted by molar-refractivity contribution is 0.0696. The van der Waals surface area contributed by atoms with Crippen LogP contribution in [0, 0.1) is 0 Å². The molecule has 1 amide bonds. The number of carbonyl (C=O) groups excluding carboxylic acids is 1. The normalized spacial score (nSPS) is 11.4. The predicted molar refractivity (Wildman–Crippen MR) is 116 cm³/mol. The van der Waals surface area contributed by atoms with E-state index in [0.29, 0.717) is 16.1 Å². The highest BCUT2D eigenvalue weighted by Gasteiger charge is 2.26. The second-order valence-corrected chi connectivity index (χ2v) is 9.13. The molecule has 0 atom stereocenters. The lowest BCUT2D eigenvalue weighted by Gasteiger charge is -2.23. The quantitative estimate of drug-likeness (QED) is 0.535. The summed E-state index contributed by atoms with van der Waals surface area (Å²) in [5, 5.41) is 9.63. The fourth-order valence-corrected chi connectivity index (χ4v) is 4.61. The van der Waals surface area contributed by atoms with Crippen molar-refractivity contribution in [2.45, 2.75) is 18.0 Å². The fraction of sp³-hybridized carbons (Fsp3) is 0.0909. The lowest BCUT2D eigenvalue weighted by atomic mass is 10.1. The Morgan fingerprint density at radius 2 is 1.61 bits per heavy atom. The van der Waals surface area contributed by atoms with Crippen molar-refractivity contribution in [1.29, 1.82) is 0 Å². The van der Waals surface area contributed by atoms with Crippen molar-refractivity contribution < 1.29 is 23.1 Å². The van der Waals surface area contributed by atoms with Gasteiger partial charge in [-0.3, -0.25) is 4.79 Å². The zero-order valence-electron chi connectivity index (χ0n) is 16.2. The van der Waals surface area contributed by atoms with Gasteiger partial charge in [0.15, 0.2) is 0 Å². The SMILES string of the molecule is NC(=O)c1ccccc1CN(Cc1cccc(C(=O)O)c1)S(=O)(=O)c1ccc(Cl)cc1. The Hall–Kier alpha value is -3.20. The molecule has 0 spiro atoms. The molecule has 0 saturated heterocycles. The number of primary amides is 1. The first-order valence-corrected chi connectivity index (χ1v) is 11.0. The molecule has 3 aromatic rings. The Bertz CT molecular complexity index is 1230. The van der Waals surface area contributed by atoms with E-state index in [-0.39, 0.29) is 29.1 Å². The van der Waals surface area contributed by atoms with E-state index >= 15 is 0 Å². The topological polar surface area (TPSA) is 118 Å². The van der Waals surface area contributed by atoms with E-state index in [0.717, 1.165) is 0 Å². The van der Waals surface area contributed by atoms with Gasteiger partial charge < -0.3 is 10.8 Å². The number of rotatable bonds is 8. The molecule has 0 unspecified atom stereocenters. The van der Waals surface area contributed by atoms with Crippen LogP contribution in [-0.2, 0) is 23.1 Å². The van der Waals surface area contributed by atoms with Gasteiger partial charge in [-0.2, -0.15) is 4.31 Å². The first-order valence-electron chi connectivity index (χ1n) is 9.14. The van der Waals surface area contributed by atoms with Crippen LogP contribution < -0.4 is 5.73 Å². The van der Waals surface area contributed by atoms with Crippen molar-refractivity contribution in [1.82, 2.24) is 4.31 Å². The van der Waals surface area contributed by atoms with Crippen molar-refractivity contribution in [2.24, 2.45) is 5.73 Å². The molecular weight excluding hydrogens is 440 g/mol. The lowest BCUT2D eigenvalue weighted by Crippen LogP contribution is -2.31. The molecule has 0 fully saturated rings. The summed E-state index contributed by atoms with van der Waals surface area (Å²) in [5.41, 5.74) is 6.61. The number of nitrogens with zero attached hydrogens (tertiary/aromatic N) is 1. The molecular formula is C22H19ClN2O5S. The van der Waals surface area contributed by atoms with E-state index in [2.05, 4.69) is 0 Å². The maximum atomic E-state index is 13.4. The summed E-state index contributed by atoms with van der Waals surface area (Å²) >= 11 is 5.89. The van der Waals surface area contributed by atoms with E-state index in [1.54, 1.807) is 30.3 Å². The fourth-order valence-electron chi connectivity index (χ4n) is 3.08. The third kappa shape index (κ3) is 5.29. The molecule has 160 valence electrons. The highest BCUT2D eigenvalue weighted by atomic mass is 35.5. The van der Waals surface area contributed by atoms with Crippen LogP contribution in [0.25, 0.3) is 0 Å². The van der Waals surface area contributed by atoms with Crippen molar-refractivity contribution in [3.8, 4) is 0 Å². The highest BCUT2D eigenvalue weighted by Crippen LogP contribution is 2.24. The van der Waals surface area contributed by atoms with Crippen LogP contribution in [0.1, 0.15) is 31.8 Å². The van der Waals surface area contributed by atoms with Crippen LogP contribution in [0.4, 0.5) is 0 Å². The van der Waals surface area contributed by atoms with Crippen LogP contribution in [0.5, 0.6) is 0 Å². The van der Waals surface area contributed by atoms with Gasteiger partial charge in [0.1, 0.15) is 0 Å². The zero-order chi connectivity index (χ0) is 22.6. The number of carboxylic acids is 1. The Labute approximate surface area is 184 Å². The first kappa shape index (κ1) is 22.5. The molecule has 3 rings (SSSR count). The Balaban J connectivity index is 2.06. The molecule has 9 heteroatoms. The van der Waals surface area contributed by atoms with Gasteiger partial charge in [-0.1, -0.05) is 41.9 Å². The molecule has 0 aliphatic rings. The second-order valence-electron chi connectivity index (χ2n) is 6.75. The Kier molecular flexibility index (Phi) is 6.74. The number of amides is 1. The van der Waals surface area contributed by atoms with E-state index in [4.69, 9.17) is 17.3 Å². The van der Waals surface area contributed by atoms with Crippen LogP contribution >= 0.6 is 11.6 Å². The molecule has 0 heterocycles. The number of carbonyl (C=O) groups is 2. The van der Waals surface area contributed by atoms with Crippen LogP contribution in [0.2, 0.25) is 5.02 Å². The predicted octanol–water partition coefficient (Wildman–Crippen LogP) is 3.53. The summed E-state index contributed by atoms with van der Waals surface area (Å²) in [6.45, 7) is -0.249. The standard InChI is InChI=1S/C22H19ClN2O5S/c23-18-8-10-19(11-9-18)31(29,30)25(13-15-4-3-6-16(12-15)22(27)28)14-17-5-1-2-7-20(17)21(24)26/h1-12H,13-14H2,(H2,24,26)(H,27,28). The van der Waals surface area contributed by atoms with Crippen LogP contribution in [0.15, 0.2) is 77.7 Å². The second kappa shape index (κ2) is 9.30. The third-order valence-corrected chi connectivity index (χ3v) is 6.67. The summed E-state index contributed by atoms with van der Waals surface area (Å²) in [5.74, 6) is -1.79. The van der Waals surface area contributed by atoms with Gasteiger partial charge in [-0.15, -0.1) is 0 Å². The monoisotopic (exact) mass is 458 g/mol. The molecule has 7 nitrogen and oxygen atoms in total. The Morgan fingerprint density at radius 1 is 0.935 bits per heavy atom. The number of hydrogen-bond acceptors (Lipinski definition) is 4. The summed E-state index contributed by atoms with van der Waals surface area (Å²) in [6.07, 6.45) is 0. The van der Waals surface area contributed by atoms with Gasteiger partial charge in [0, 0.05) is 23.7 Å². The third-order valence-electron chi connectivity index (χ3n) is 4.61. The summed E-state index contributed by atoms with van der Waals surface area (Å²) in [6, 6.07) is 18.2. The Morgan fingerprint density at radius 3 is 2.26 bits per heavy atom. The minimum absolute atomic E-state index is 0.0165. The molecule has 3 aromatic carbocycles. The molecule has 0 saturated carbocycles. The largest absolute Gasteiger partial charge is 0.478 e. The number of aromatic carboxylic acids is 1. The maximum absolute atomic E-state index is 13.4. The molecule has 0 aromatic heterocycles. The molecule has 3 N–H and O–H groups in total. The summed E-state index contributed by atoms with van der Waals surface area (Å²) in [7, 11) is -4.01. The minimum Gasteiger partial charge on any atom is -0.478 e. The van der Waals surface area contributed by atoms with Gasteiger partial charge in [-0.05, 0) is 53.6 Å². The van der Waals surface area contributed by atoms with Gasteiger partial charge in [-0.25, -0.2) is 13.2 Å². The number of sulfonamides is 1. The van der Waals surface area contributed by atoms with Gasteiger partial charge in [0.05, 0.1) is 10.5 Å². The average Bonchev–Trinajstić information content (AvgIpc) is 2.74. The summed E-state index contributed by atoms with van der Waals surface area (Å²) < 4.78 is 28.0. The van der Waals surface area contributed by atoms with E-state index in [9.17, 15) is 23.1 Å². The van der Waals surface area contributed by atoms with Gasteiger partial charge >= 0.3 is 5.97 Å². The van der Waals surface area contributed by atoms with Crippen LogP contribution in [0.3, 0.4) is 0 Å². The van der Waals surface area contributed by atoms with E-state index < -0.39 is 21.9 Å². The first-order chi connectivity index (χ1) is 14.7. The average molecular weight is 459 g/mol. The van der Waals surface area contributed by atoms with Gasteiger partial charge in [0.25, 0.3) is 0 Å². The van der Waals surface area contributed by atoms with Crippen molar-refractivity contribution in [3.05, 3.63) is 100 Å². The smallest absolute Gasteiger partial charge is 0.335 e. The van der Waals surface area contributed by atoms with Crippen LogP contribution in [-0.4, -0.2) is 29.7 Å². The number of carboxylic acid groups (broad SMARTS) is 1. The molecule has 31 heavy (non-hydrogen) atoms. The summed E-state index contributed by atoms with van der Waals surface area (Å²) in [4.78, 5) is 23.1. The molecule has 0 radical (unpaired) electrons. The zero-order valence-corrected chi connectivity index (χ0v) is 17.8. The van der Waals surface area contributed by atoms with E-state index in [1.165, 1.54) is 46.8 Å². The number of halogens is 1. The maximum Gasteiger partial charge on any atom is 0.335 e. The van der Waals surface area contributed by atoms with Crippen molar-refractivity contribution >= 4 is 33.5 Å². The molecule has 0 aliphatic heterocycles. The van der Waals surface area contributed by atoms with Crippen molar-refractivity contribution in [3.63, 3.8) is 0 Å². The minimum atomic E-state index is -4.01. The van der Waals surface area contributed by atoms with E-state index in [1.807, 2.05) is 0 Å². The van der Waals surface area contributed by atoms with Crippen molar-refractivity contribution in [2.75, 3.05) is 0 Å². The molecule has 0 bridgehead atoms. The molecule has 0 aliphatic carbocycles. The number of benzene rings is 3. The number of hydrogen-bond donors (Lipinski definition) is 2.